The van der Waals surface area contributed by atoms with E-state index in [0.29, 0.717) is 19.0 Å². The van der Waals surface area contributed by atoms with Crippen LogP contribution in [0, 0.1) is 5.92 Å². The predicted molar refractivity (Wildman–Crippen MR) is 83.0 cm³/mol. The molecule has 1 atom stereocenters. The van der Waals surface area contributed by atoms with Gasteiger partial charge in [-0.3, -0.25) is 4.79 Å². The fourth-order valence-corrected chi connectivity index (χ4v) is 3.87. The van der Waals surface area contributed by atoms with Crippen LogP contribution >= 0.6 is 10.7 Å². The Bertz CT molecular complexity index is 615. The predicted octanol–water partition coefficient (Wildman–Crippen LogP) is 3.27. The van der Waals surface area contributed by atoms with Crippen LogP contribution in [0.4, 0.5) is 0 Å². The fourth-order valence-electron chi connectivity index (χ4n) is 2.80. The molecule has 116 valence electrons. The molecule has 1 amide bonds. The molecule has 1 aromatic rings. The molecule has 21 heavy (non-hydrogen) atoms. The lowest BCUT2D eigenvalue weighted by molar-refractivity contribution is 0.0756. The van der Waals surface area contributed by atoms with E-state index in [-0.39, 0.29) is 16.4 Å². The van der Waals surface area contributed by atoms with Crippen LogP contribution in [0.25, 0.3) is 0 Å². The number of nitrogens with zero attached hydrogens (tertiary/aromatic N) is 1. The van der Waals surface area contributed by atoms with Crippen LogP contribution in [0.1, 0.15) is 43.0 Å². The van der Waals surface area contributed by atoms with E-state index < -0.39 is 9.05 Å². The molecule has 0 spiro atoms. The molecule has 4 nitrogen and oxygen atoms in total. The number of rotatable bonds is 3. The van der Waals surface area contributed by atoms with Crippen LogP contribution in [0.3, 0.4) is 0 Å². The van der Waals surface area contributed by atoms with Gasteiger partial charge in [0.1, 0.15) is 0 Å². The summed E-state index contributed by atoms with van der Waals surface area (Å²) in [5.41, 5.74) is 0.169. The molecule has 1 aromatic carbocycles. The third-order valence-corrected chi connectivity index (χ3v) is 5.47. The summed E-state index contributed by atoms with van der Waals surface area (Å²) in [4.78, 5) is 14.3. The number of hydrogen-bond acceptors (Lipinski definition) is 3. The molecule has 0 saturated carbocycles. The van der Waals surface area contributed by atoms with E-state index in [1.807, 2.05) is 0 Å². The van der Waals surface area contributed by atoms with E-state index in [1.165, 1.54) is 12.1 Å². The Hall–Kier alpha value is -1.07. The quantitative estimate of drug-likeness (QED) is 0.800. The average molecular weight is 330 g/mol. The second kappa shape index (κ2) is 6.79. The standard InChI is InChI=1S/C15H20ClNO3S/c1-2-12-6-5-10-17(11-9-12)15(18)13-7-3-4-8-14(13)21(16,19)20/h3-4,7-8,12H,2,5-6,9-11H2,1H3. The SMILES string of the molecule is CCC1CCCN(C(=O)c2ccccc2S(=O)(=O)Cl)CC1. The van der Waals surface area contributed by atoms with Crippen molar-refractivity contribution < 1.29 is 13.2 Å². The zero-order chi connectivity index (χ0) is 15.5. The van der Waals surface area contributed by atoms with Gasteiger partial charge in [0.25, 0.3) is 15.0 Å². The average Bonchev–Trinajstić information content (AvgIpc) is 2.71. The Morgan fingerprint density at radius 1 is 1.29 bits per heavy atom. The molecule has 2 rings (SSSR count). The van der Waals surface area contributed by atoms with E-state index in [0.717, 1.165) is 25.7 Å². The maximum Gasteiger partial charge on any atom is 0.262 e. The second-order valence-corrected chi connectivity index (χ2v) is 7.97. The van der Waals surface area contributed by atoms with Crippen molar-refractivity contribution in [2.45, 2.75) is 37.5 Å². The summed E-state index contributed by atoms with van der Waals surface area (Å²) < 4.78 is 23.2. The highest BCUT2D eigenvalue weighted by Crippen LogP contribution is 2.24. The molecule has 0 aliphatic carbocycles. The highest BCUT2D eigenvalue weighted by atomic mass is 35.7. The van der Waals surface area contributed by atoms with Crippen LogP contribution in [-0.4, -0.2) is 32.3 Å². The molecule has 1 unspecified atom stereocenters. The monoisotopic (exact) mass is 329 g/mol. The van der Waals surface area contributed by atoms with E-state index in [4.69, 9.17) is 10.7 Å². The maximum absolute atomic E-state index is 12.6. The van der Waals surface area contributed by atoms with Crippen LogP contribution in [0.2, 0.25) is 0 Å². The number of benzene rings is 1. The van der Waals surface area contributed by atoms with Crippen LogP contribution in [-0.2, 0) is 9.05 Å². The fraction of sp³-hybridized carbons (Fsp3) is 0.533. The van der Waals surface area contributed by atoms with Gasteiger partial charge >= 0.3 is 0 Å². The van der Waals surface area contributed by atoms with Crippen LogP contribution in [0.15, 0.2) is 29.2 Å². The first-order valence-corrected chi connectivity index (χ1v) is 9.57. The molecular formula is C15H20ClNO3S. The Kier molecular flexibility index (Phi) is 5.27. The van der Waals surface area contributed by atoms with Gasteiger partial charge in [0.2, 0.25) is 0 Å². The molecule has 1 aliphatic heterocycles. The van der Waals surface area contributed by atoms with Crippen molar-refractivity contribution in [3.8, 4) is 0 Å². The molecule has 1 aliphatic rings. The maximum atomic E-state index is 12.6. The lowest BCUT2D eigenvalue weighted by Gasteiger charge is -2.21. The van der Waals surface area contributed by atoms with Gasteiger partial charge in [0, 0.05) is 23.8 Å². The zero-order valence-corrected chi connectivity index (χ0v) is 13.7. The zero-order valence-electron chi connectivity index (χ0n) is 12.1. The molecule has 0 bridgehead atoms. The molecule has 1 saturated heterocycles. The van der Waals surface area contributed by atoms with Gasteiger partial charge in [0.05, 0.1) is 10.5 Å². The van der Waals surface area contributed by atoms with Gasteiger partial charge in [-0.1, -0.05) is 25.5 Å². The van der Waals surface area contributed by atoms with Crippen molar-refractivity contribution in [2.24, 2.45) is 5.92 Å². The van der Waals surface area contributed by atoms with E-state index in [2.05, 4.69) is 6.92 Å². The lowest BCUT2D eigenvalue weighted by atomic mass is 9.98. The molecule has 0 aromatic heterocycles. The molecule has 0 radical (unpaired) electrons. The summed E-state index contributed by atoms with van der Waals surface area (Å²) >= 11 is 0. The minimum atomic E-state index is -3.92. The van der Waals surface area contributed by atoms with Gasteiger partial charge in [-0.05, 0) is 37.3 Å². The molecule has 6 heteroatoms. The molecular weight excluding hydrogens is 310 g/mol. The third kappa shape index (κ3) is 3.98. The Morgan fingerprint density at radius 2 is 2.00 bits per heavy atom. The Balaban J connectivity index is 2.25. The number of carbonyl (C=O) groups excluding carboxylic acids is 1. The summed E-state index contributed by atoms with van der Waals surface area (Å²) in [6.45, 7) is 3.51. The normalized spacial score (nSPS) is 20.1. The van der Waals surface area contributed by atoms with Crippen molar-refractivity contribution in [1.82, 2.24) is 4.90 Å². The van der Waals surface area contributed by atoms with Gasteiger partial charge in [-0.25, -0.2) is 8.42 Å². The van der Waals surface area contributed by atoms with Crippen LogP contribution in [0.5, 0.6) is 0 Å². The minimum absolute atomic E-state index is 0.104. The number of amides is 1. The number of hydrogen-bond donors (Lipinski definition) is 0. The van der Waals surface area contributed by atoms with Gasteiger partial charge < -0.3 is 4.90 Å². The van der Waals surface area contributed by atoms with E-state index in [1.54, 1.807) is 17.0 Å². The van der Waals surface area contributed by atoms with Crippen molar-refractivity contribution in [1.29, 1.82) is 0 Å². The molecule has 0 N–H and O–H groups in total. The largest absolute Gasteiger partial charge is 0.339 e. The first-order valence-electron chi connectivity index (χ1n) is 7.26. The topological polar surface area (TPSA) is 54.5 Å². The van der Waals surface area contributed by atoms with Gasteiger partial charge in [-0.2, -0.15) is 0 Å². The van der Waals surface area contributed by atoms with Crippen LogP contribution < -0.4 is 0 Å². The minimum Gasteiger partial charge on any atom is -0.339 e. The lowest BCUT2D eigenvalue weighted by Crippen LogP contribution is -2.32. The number of halogens is 1. The molecule has 1 fully saturated rings. The number of likely N-dealkylation sites (tertiary alicyclic amines) is 1. The Labute approximate surface area is 130 Å². The van der Waals surface area contributed by atoms with Crippen molar-refractivity contribution >= 4 is 25.6 Å². The first kappa shape index (κ1) is 16.3. The third-order valence-electron chi connectivity index (χ3n) is 4.09. The summed E-state index contributed by atoms with van der Waals surface area (Å²) in [6.07, 6.45) is 4.17. The van der Waals surface area contributed by atoms with Gasteiger partial charge in [0.15, 0.2) is 0 Å². The van der Waals surface area contributed by atoms with Crippen molar-refractivity contribution in [3.63, 3.8) is 0 Å². The molecule has 1 heterocycles. The summed E-state index contributed by atoms with van der Waals surface area (Å²) in [7, 11) is 1.51. The van der Waals surface area contributed by atoms with E-state index in [9.17, 15) is 13.2 Å². The Morgan fingerprint density at radius 3 is 2.67 bits per heavy atom. The van der Waals surface area contributed by atoms with Crippen molar-refractivity contribution in [2.75, 3.05) is 13.1 Å². The first-order chi connectivity index (χ1) is 9.93. The van der Waals surface area contributed by atoms with Gasteiger partial charge in [-0.15, -0.1) is 0 Å². The second-order valence-electron chi connectivity index (χ2n) is 5.43. The summed E-state index contributed by atoms with van der Waals surface area (Å²) in [5.74, 6) is 0.404. The highest BCUT2D eigenvalue weighted by Gasteiger charge is 2.25. The highest BCUT2D eigenvalue weighted by molar-refractivity contribution is 8.13. The van der Waals surface area contributed by atoms with E-state index >= 15 is 0 Å². The summed E-state index contributed by atoms with van der Waals surface area (Å²) in [6, 6.07) is 6.13. The number of carbonyl (C=O) groups is 1. The summed E-state index contributed by atoms with van der Waals surface area (Å²) in [5, 5.41) is 0. The van der Waals surface area contributed by atoms with Crippen molar-refractivity contribution in [3.05, 3.63) is 29.8 Å². The smallest absolute Gasteiger partial charge is 0.262 e.